The third kappa shape index (κ3) is 2.59. The molecule has 3 heteroatoms. The van der Waals surface area contributed by atoms with Gasteiger partial charge in [0.25, 0.3) is 6.43 Å². The van der Waals surface area contributed by atoms with Crippen LogP contribution < -0.4 is 5.32 Å². The molecule has 0 amide bonds. The Kier molecular flexibility index (Phi) is 3.24. The fraction of sp³-hybridized carbons (Fsp3) is 0.538. The van der Waals surface area contributed by atoms with Gasteiger partial charge in [0, 0.05) is 11.1 Å². The average molecular weight is 225 g/mol. The van der Waals surface area contributed by atoms with Crippen molar-refractivity contribution in [3.8, 4) is 0 Å². The van der Waals surface area contributed by atoms with Crippen molar-refractivity contribution >= 4 is 0 Å². The molecule has 1 saturated heterocycles. The number of alkyl halides is 2. The van der Waals surface area contributed by atoms with E-state index in [9.17, 15) is 8.78 Å². The van der Waals surface area contributed by atoms with Crippen molar-refractivity contribution in [2.45, 2.75) is 38.2 Å². The number of rotatable bonds is 3. The third-order valence-corrected chi connectivity index (χ3v) is 3.28. The molecular formula is C13H17F2N. The monoisotopic (exact) mass is 225 g/mol. The van der Waals surface area contributed by atoms with Gasteiger partial charge in [0.15, 0.2) is 0 Å². The highest BCUT2D eigenvalue weighted by molar-refractivity contribution is 5.25. The minimum absolute atomic E-state index is 0.105. The first-order chi connectivity index (χ1) is 7.59. The van der Waals surface area contributed by atoms with Crippen molar-refractivity contribution in [2.75, 3.05) is 6.54 Å². The van der Waals surface area contributed by atoms with Gasteiger partial charge >= 0.3 is 0 Å². The molecule has 1 unspecified atom stereocenters. The van der Waals surface area contributed by atoms with Crippen LogP contribution in [0.3, 0.4) is 0 Å². The lowest BCUT2D eigenvalue weighted by Crippen LogP contribution is -2.38. The minimum Gasteiger partial charge on any atom is -0.311 e. The summed E-state index contributed by atoms with van der Waals surface area (Å²) in [6.07, 6.45) is 0.903. The Morgan fingerprint density at radius 3 is 2.50 bits per heavy atom. The van der Waals surface area contributed by atoms with Gasteiger partial charge in [-0.2, -0.15) is 0 Å². The molecule has 0 saturated carbocycles. The van der Waals surface area contributed by atoms with Crippen LogP contribution in [0.15, 0.2) is 24.3 Å². The highest BCUT2D eigenvalue weighted by atomic mass is 19.3. The van der Waals surface area contributed by atoms with E-state index in [4.69, 9.17) is 0 Å². The Labute approximate surface area is 94.9 Å². The van der Waals surface area contributed by atoms with Crippen LogP contribution in [-0.2, 0) is 6.42 Å². The largest absolute Gasteiger partial charge is 0.311 e. The van der Waals surface area contributed by atoms with Gasteiger partial charge in [0.05, 0.1) is 0 Å². The molecule has 2 rings (SSSR count). The summed E-state index contributed by atoms with van der Waals surface area (Å²) in [7, 11) is 0. The van der Waals surface area contributed by atoms with Crippen LogP contribution >= 0.6 is 0 Å². The molecule has 1 atom stereocenters. The van der Waals surface area contributed by atoms with Crippen LogP contribution in [0.1, 0.15) is 37.3 Å². The standard InChI is InChI=1S/C13H17F2N/c1-13(7-2-8-16-13)9-10-3-5-11(6-4-10)12(14)15/h3-6,12,16H,2,7-9H2,1H3. The second-order valence-corrected chi connectivity index (χ2v) is 4.81. The SMILES string of the molecule is CC1(Cc2ccc(C(F)F)cc2)CCCN1. The van der Waals surface area contributed by atoms with E-state index in [1.807, 2.05) is 12.1 Å². The maximum absolute atomic E-state index is 12.4. The number of hydrogen-bond donors (Lipinski definition) is 1. The Hall–Kier alpha value is -0.960. The Bertz CT molecular complexity index is 339. The van der Waals surface area contributed by atoms with Gasteiger partial charge in [-0.3, -0.25) is 0 Å². The van der Waals surface area contributed by atoms with Gasteiger partial charge in [-0.1, -0.05) is 24.3 Å². The molecular weight excluding hydrogens is 208 g/mol. The quantitative estimate of drug-likeness (QED) is 0.832. The maximum Gasteiger partial charge on any atom is 0.263 e. The smallest absolute Gasteiger partial charge is 0.263 e. The second-order valence-electron chi connectivity index (χ2n) is 4.81. The molecule has 1 aromatic rings. The van der Waals surface area contributed by atoms with Gasteiger partial charge in [-0.15, -0.1) is 0 Å². The summed E-state index contributed by atoms with van der Waals surface area (Å²) in [5, 5.41) is 3.47. The first-order valence-electron chi connectivity index (χ1n) is 5.71. The number of hydrogen-bond acceptors (Lipinski definition) is 1. The highest BCUT2D eigenvalue weighted by Crippen LogP contribution is 2.25. The number of benzene rings is 1. The number of nitrogens with one attached hydrogen (secondary N) is 1. The van der Waals surface area contributed by atoms with Gasteiger partial charge < -0.3 is 5.32 Å². The molecule has 1 N–H and O–H groups in total. The van der Waals surface area contributed by atoms with Crippen LogP contribution in [0.2, 0.25) is 0 Å². The Balaban J connectivity index is 2.05. The molecule has 0 spiro atoms. The van der Waals surface area contributed by atoms with E-state index >= 15 is 0 Å². The maximum atomic E-state index is 12.4. The van der Waals surface area contributed by atoms with E-state index in [0.717, 1.165) is 24.9 Å². The molecule has 1 aliphatic heterocycles. The van der Waals surface area contributed by atoms with Gasteiger partial charge in [0.2, 0.25) is 0 Å². The van der Waals surface area contributed by atoms with E-state index in [1.54, 1.807) is 0 Å². The van der Waals surface area contributed by atoms with Crippen LogP contribution in [0.25, 0.3) is 0 Å². The predicted octanol–water partition coefficient (Wildman–Crippen LogP) is 3.31. The normalized spacial score (nSPS) is 25.2. The van der Waals surface area contributed by atoms with Crippen molar-refractivity contribution < 1.29 is 8.78 Å². The topological polar surface area (TPSA) is 12.0 Å². The zero-order valence-corrected chi connectivity index (χ0v) is 9.47. The molecule has 1 fully saturated rings. The molecule has 0 bridgehead atoms. The van der Waals surface area contributed by atoms with Gasteiger partial charge in [-0.25, -0.2) is 8.78 Å². The first kappa shape index (κ1) is 11.5. The van der Waals surface area contributed by atoms with E-state index in [1.165, 1.54) is 18.6 Å². The van der Waals surface area contributed by atoms with E-state index < -0.39 is 6.43 Å². The van der Waals surface area contributed by atoms with Crippen molar-refractivity contribution in [3.63, 3.8) is 0 Å². The van der Waals surface area contributed by atoms with Gasteiger partial charge in [0.1, 0.15) is 0 Å². The summed E-state index contributed by atoms with van der Waals surface area (Å²) in [6.45, 7) is 3.26. The van der Waals surface area contributed by atoms with Crippen molar-refractivity contribution in [3.05, 3.63) is 35.4 Å². The van der Waals surface area contributed by atoms with Crippen LogP contribution in [0, 0.1) is 0 Å². The predicted molar refractivity (Wildman–Crippen MR) is 60.7 cm³/mol. The van der Waals surface area contributed by atoms with Crippen LogP contribution in [-0.4, -0.2) is 12.1 Å². The van der Waals surface area contributed by atoms with Crippen molar-refractivity contribution in [1.29, 1.82) is 0 Å². The zero-order chi connectivity index (χ0) is 11.6. The summed E-state index contributed by atoms with van der Waals surface area (Å²) in [5.41, 5.74) is 1.38. The average Bonchev–Trinajstić information content (AvgIpc) is 2.65. The lowest BCUT2D eigenvalue weighted by molar-refractivity contribution is 0.151. The second kappa shape index (κ2) is 4.50. The third-order valence-electron chi connectivity index (χ3n) is 3.28. The molecule has 1 nitrogen and oxygen atoms in total. The Morgan fingerprint density at radius 1 is 1.31 bits per heavy atom. The van der Waals surface area contributed by atoms with E-state index in [0.29, 0.717) is 0 Å². The highest BCUT2D eigenvalue weighted by Gasteiger charge is 2.27. The molecule has 1 aromatic carbocycles. The number of halogens is 2. The van der Waals surface area contributed by atoms with Gasteiger partial charge in [-0.05, 0) is 38.3 Å². The first-order valence-corrected chi connectivity index (χ1v) is 5.71. The van der Waals surface area contributed by atoms with Crippen LogP contribution in [0.4, 0.5) is 8.78 Å². The molecule has 16 heavy (non-hydrogen) atoms. The summed E-state index contributed by atoms with van der Waals surface area (Å²) >= 11 is 0. The molecule has 1 aliphatic rings. The minimum atomic E-state index is -2.37. The fourth-order valence-electron chi connectivity index (χ4n) is 2.34. The van der Waals surface area contributed by atoms with Crippen molar-refractivity contribution in [2.24, 2.45) is 0 Å². The van der Waals surface area contributed by atoms with Crippen molar-refractivity contribution in [1.82, 2.24) is 5.32 Å². The fourth-order valence-corrected chi connectivity index (χ4v) is 2.34. The van der Waals surface area contributed by atoms with E-state index in [2.05, 4.69) is 12.2 Å². The summed E-state index contributed by atoms with van der Waals surface area (Å²) in [5.74, 6) is 0. The molecule has 0 aliphatic carbocycles. The summed E-state index contributed by atoms with van der Waals surface area (Å²) in [6, 6.07) is 6.68. The zero-order valence-electron chi connectivity index (χ0n) is 9.47. The molecule has 0 aromatic heterocycles. The molecule has 88 valence electrons. The lowest BCUT2D eigenvalue weighted by atomic mass is 9.91. The van der Waals surface area contributed by atoms with Crippen LogP contribution in [0.5, 0.6) is 0 Å². The van der Waals surface area contributed by atoms with E-state index in [-0.39, 0.29) is 11.1 Å². The molecule has 0 radical (unpaired) electrons. The summed E-state index contributed by atoms with van der Waals surface area (Å²) < 4.78 is 24.7. The Morgan fingerprint density at radius 2 is 2.00 bits per heavy atom. The summed E-state index contributed by atoms with van der Waals surface area (Å²) in [4.78, 5) is 0. The lowest BCUT2D eigenvalue weighted by Gasteiger charge is -2.24. The molecule has 1 heterocycles.